The van der Waals surface area contributed by atoms with Crippen LogP contribution in [0.5, 0.6) is 0 Å². The molecule has 16 heavy (non-hydrogen) atoms. The van der Waals surface area contributed by atoms with Crippen molar-refractivity contribution in [2.45, 2.75) is 6.92 Å². The van der Waals surface area contributed by atoms with E-state index in [0.717, 1.165) is 19.9 Å². The fourth-order valence-corrected chi connectivity index (χ4v) is 2.87. The smallest absolute Gasteiger partial charge is 0.266 e. The summed E-state index contributed by atoms with van der Waals surface area (Å²) in [6.45, 7) is 1.87. The van der Waals surface area contributed by atoms with E-state index in [2.05, 4.69) is 20.9 Å². The number of H-pyrrole nitrogens is 1. The number of aromatic amines is 1. The fraction of sp³-hybridized carbons (Fsp3) is 0.0909. The van der Waals surface area contributed by atoms with Crippen LogP contribution in [0.1, 0.15) is 11.1 Å². The van der Waals surface area contributed by atoms with Gasteiger partial charge in [-0.2, -0.15) is 5.26 Å². The molecule has 5 heteroatoms. The Morgan fingerprint density at radius 1 is 1.50 bits per heavy atom. The minimum atomic E-state index is -0.340. The van der Waals surface area contributed by atoms with E-state index in [1.54, 1.807) is 17.4 Å². The Bertz CT molecular complexity index is 636. The Kier molecular flexibility index (Phi) is 2.95. The summed E-state index contributed by atoms with van der Waals surface area (Å²) in [4.78, 5) is 15.2. The van der Waals surface area contributed by atoms with Crippen LogP contribution in [0.25, 0.3) is 10.6 Å². The standard InChI is InChI=1S/C11H7BrN2OS/c1-6-4-7(5-13)11(15)14-10(6)8-2-3-9(12)16-8/h2-4H,1H3,(H,14,15). The normalized spacial score (nSPS) is 10.1. The topological polar surface area (TPSA) is 56.6 Å². The van der Waals surface area contributed by atoms with Gasteiger partial charge in [-0.25, -0.2) is 0 Å². The van der Waals surface area contributed by atoms with Crippen LogP contribution < -0.4 is 5.56 Å². The summed E-state index contributed by atoms with van der Waals surface area (Å²) in [5, 5.41) is 8.73. The quantitative estimate of drug-likeness (QED) is 0.879. The van der Waals surface area contributed by atoms with E-state index in [-0.39, 0.29) is 11.1 Å². The number of nitriles is 1. The van der Waals surface area contributed by atoms with Gasteiger partial charge in [-0.15, -0.1) is 11.3 Å². The Hall–Kier alpha value is -1.38. The minimum Gasteiger partial charge on any atom is -0.320 e. The molecule has 80 valence electrons. The molecular formula is C11H7BrN2OS. The van der Waals surface area contributed by atoms with Crippen molar-refractivity contribution in [3.05, 3.63) is 43.5 Å². The van der Waals surface area contributed by atoms with Gasteiger partial charge in [-0.3, -0.25) is 4.79 Å². The molecular weight excluding hydrogens is 288 g/mol. The predicted octanol–water partition coefficient (Wildman–Crippen LogP) is 3.05. The molecule has 0 aliphatic rings. The second-order valence-corrected chi connectivity index (χ2v) is 5.75. The Morgan fingerprint density at radius 3 is 2.81 bits per heavy atom. The Morgan fingerprint density at radius 2 is 2.25 bits per heavy atom. The average Bonchev–Trinajstić information content (AvgIpc) is 2.67. The largest absolute Gasteiger partial charge is 0.320 e. The molecule has 1 N–H and O–H groups in total. The van der Waals surface area contributed by atoms with Crippen molar-refractivity contribution in [3.63, 3.8) is 0 Å². The molecule has 2 aromatic heterocycles. The van der Waals surface area contributed by atoms with Crippen molar-refractivity contribution in [1.82, 2.24) is 4.98 Å². The van der Waals surface area contributed by atoms with Gasteiger partial charge in [0.25, 0.3) is 5.56 Å². The molecule has 3 nitrogen and oxygen atoms in total. The Balaban J connectivity index is 2.64. The molecule has 0 unspecified atom stereocenters. The van der Waals surface area contributed by atoms with Crippen molar-refractivity contribution in [1.29, 1.82) is 5.26 Å². The van der Waals surface area contributed by atoms with Crippen LogP contribution in [-0.4, -0.2) is 4.98 Å². The summed E-state index contributed by atoms with van der Waals surface area (Å²) in [7, 11) is 0. The first-order valence-electron chi connectivity index (χ1n) is 4.51. The monoisotopic (exact) mass is 294 g/mol. The number of nitrogens with one attached hydrogen (secondary N) is 1. The molecule has 0 aromatic carbocycles. The number of nitrogens with zero attached hydrogens (tertiary/aromatic N) is 1. The minimum absolute atomic E-state index is 0.150. The van der Waals surface area contributed by atoms with Gasteiger partial charge >= 0.3 is 0 Å². The number of hydrogen-bond acceptors (Lipinski definition) is 3. The summed E-state index contributed by atoms with van der Waals surface area (Å²) in [5.41, 5.74) is 1.48. The zero-order valence-electron chi connectivity index (χ0n) is 8.37. The maximum absolute atomic E-state index is 11.5. The average molecular weight is 295 g/mol. The molecule has 0 fully saturated rings. The lowest BCUT2D eigenvalue weighted by molar-refractivity contribution is 1.19. The summed E-state index contributed by atoms with van der Waals surface area (Å²) >= 11 is 4.92. The maximum Gasteiger partial charge on any atom is 0.266 e. The highest BCUT2D eigenvalue weighted by Crippen LogP contribution is 2.31. The molecule has 0 amide bonds. The molecule has 0 bridgehead atoms. The van der Waals surface area contributed by atoms with Crippen molar-refractivity contribution in [2.75, 3.05) is 0 Å². The highest BCUT2D eigenvalue weighted by Gasteiger charge is 2.08. The number of thiophene rings is 1. The van der Waals surface area contributed by atoms with E-state index in [4.69, 9.17) is 5.26 Å². The molecule has 0 atom stereocenters. The molecule has 0 spiro atoms. The van der Waals surface area contributed by atoms with Crippen molar-refractivity contribution >= 4 is 27.3 Å². The highest BCUT2D eigenvalue weighted by atomic mass is 79.9. The molecule has 0 aliphatic carbocycles. The number of hydrogen-bond donors (Lipinski definition) is 1. The van der Waals surface area contributed by atoms with Crippen LogP contribution in [0.2, 0.25) is 0 Å². The van der Waals surface area contributed by atoms with Gasteiger partial charge in [0.1, 0.15) is 11.6 Å². The van der Waals surface area contributed by atoms with Gasteiger partial charge in [0.2, 0.25) is 0 Å². The molecule has 0 saturated carbocycles. The predicted molar refractivity (Wildman–Crippen MR) is 67.5 cm³/mol. The lowest BCUT2D eigenvalue weighted by atomic mass is 10.1. The van der Waals surface area contributed by atoms with Crippen LogP contribution in [0.3, 0.4) is 0 Å². The van der Waals surface area contributed by atoms with E-state index in [0.29, 0.717) is 0 Å². The third-order valence-electron chi connectivity index (χ3n) is 2.18. The van der Waals surface area contributed by atoms with Crippen LogP contribution in [-0.2, 0) is 0 Å². The summed E-state index contributed by atoms with van der Waals surface area (Å²) in [5.74, 6) is 0. The van der Waals surface area contributed by atoms with Gasteiger partial charge < -0.3 is 4.98 Å². The third-order valence-corrected chi connectivity index (χ3v) is 3.82. The van der Waals surface area contributed by atoms with E-state index in [9.17, 15) is 4.79 Å². The van der Waals surface area contributed by atoms with E-state index in [1.807, 2.05) is 25.1 Å². The molecule has 2 aromatic rings. The number of halogens is 1. The highest BCUT2D eigenvalue weighted by molar-refractivity contribution is 9.11. The zero-order chi connectivity index (χ0) is 11.7. The number of aromatic nitrogens is 1. The summed E-state index contributed by atoms with van der Waals surface area (Å²) in [6, 6.07) is 7.34. The van der Waals surface area contributed by atoms with Crippen molar-refractivity contribution in [3.8, 4) is 16.6 Å². The van der Waals surface area contributed by atoms with Crippen molar-refractivity contribution < 1.29 is 0 Å². The fourth-order valence-electron chi connectivity index (χ4n) is 1.42. The first-order chi connectivity index (χ1) is 7.61. The lowest BCUT2D eigenvalue weighted by Gasteiger charge is -2.02. The van der Waals surface area contributed by atoms with Crippen LogP contribution >= 0.6 is 27.3 Å². The van der Waals surface area contributed by atoms with Crippen LogP contribution in [0, 0.1) is 18.3 Å². The van der Waals surface area contributed by atoms with Gasteiger partial charge in [-0.05, 0) is 46.6 Å². The van der Waals surface area contributed by atoms with E-state index in [1.165, 1.54) is 0 Å². The molecule has 0 aliphatic heterocycles. The van der Waals surface area contributed by atoms with E-state index < -0.39 is 0 Å². The van der Waals surface area contributed by atoms with Crippen LogP contribution in [0.4, 0.5) is 0 Å². The second kappa shape index (κ2) is 4.24. The SMILES string of the molecule is Cc1cc(C#N)c(=O)[nH]c1-c1ccc(Br)s1. The maximum atomic E-state index is 11.5. The number of aryl methyl sites for hydroxylation is 1. The molecule has 0 radical (unpaired) electrons. The van der Waals surface area contributed by atoms with E-state index >= 15 is 0 Å². The first kappa shape index (κ1) is 11.1. The lowest BCUT2D eigenvalue weighted by Crippen LogP contribution is -2.11. The van der Waals surface area contributed by atoms with Crippen molar-refractivity contribution in [2.24, 2.45) is 0 Å². The third kappa shape index (κ3) is 1.94. The van der Waals surface area contributed by atoms with Gasteiger partial charge in [0.15, 0.2) is 0 Å². The molecule has 0 saturated heterocycles. The first-order valence-corrected chi connectivity index (χ1v) is 6.12. The summed E-state index contributed by atoms with van der Waals surface area (Å²) < 4.78 is 1.01. The number of pyridine rings is 1. The zero-order valence-corrected chi connectivity index (χ0v) is 10.8. The van der Waals surface area contributed by atoms with Crippen LogP contribution in [0.15, 0.2) is 26.8 Å². The van der Waals surface area contributed by atoms with Gasteiger partial charge in [0.05, 0.1) is 14.4 Å². The van der Waals surface area contributed by atoms with Gasteiger partial charge in [0, 0.05) is 0 Å². The Labute approximate surface area is 105 Å². The number of rotatable bonds is 1. The van der Waals surface area contributed by atoms with Gasteiger partial charge in [-0.1, -0.05) is 0 Å². The molecule has 2 heterocycles. The second-order valence-electron chi connectivity index (χ2n) is 3.29. The molecule has 2 rings (SSSR count). The summed E-state index contributed by atoms with van der Waals surface area (Å²) in [6.07, 6.45) is 0.